The van der Waals surface area contributed by atoms with Gasteiger partial charge in [0.2, 0.25) is 0 Å². The Balaban J connectivity index is 2.61. The minimum absolute atomic E-state index is 0.0789. The van der Waals surface area contributed by atoms with E-state index in [-0.39, 0.29) is 10.6 Å². The average molecular weight is 329 g/mol. The van der Waals surface area contributed by atoms with Crippen molar-refractivity contribution in [1.29, 1.82) is 5.26 Å². The third-order valence-corrected chi connectivity index (χ3v) is 4.34. The zero-order valence-electron chi connectivity index (χ0n) is 7.76. The second-order valence-corrected chi connectivity index (χ2v) is 5.33. The van der Waals surface area contributed by atoms with Crippen LogP contribution in [0.2, 0.25) is 0 Å². The summed E-state index contributed by atoms with van der Waals surface area (Å²) < 4.78 is 0.773. The van der Waals surface area contributed by atoms with Gasteiger partial charge in [0.05, 0.1) is 10.4 Å². The molecule has 1 aliphatic carbocycles. The molecule has 0 bridgehead atoms. The monoisotopic (exact) mass is 327 g/mol. The second-order valence-electron chi connectivity index (χ2n) is 3.44. The first-order valence-electron chi connectivity index (χ1n) is 4.55. The number of nitrogens with zero attached hydrogens (tertiary/aromatic N) is 1. The molecule has 1 aromatic rings. The number of Topliss-reactive ketones (excluding diaryl/α,β-unsaturated/α-hetero) is 1. The fourth-order valence-electron chi connectivity index (χ4n) is 1.75. The van der Waals surface area contributed by atoms with Crippen LogP contribution in [0.4, 0.5) is 0 Å². The molecule has 0 amide bonds. The molecule has 1 aliphatic rings. The largest absolute Gasteiger partial charge is 0.293 e. The third kappa shape index (κ3) is 1.75. The maximum atomic E-state index is 11.8. The zero-order valence-corrected chi connectivity index (χ0v) is 10.9. The highest BCUT2D eigenvalue weighted by Crippen LogP contribution is 2.32. The lowest BCUT2D eigenvalue weighted by Crippen LogP contribution is -2.22. The van der Waals surface area contributed by atoms with Gasteiger partial charge in [0.1, 0.15) is 6.07 Å². The normalized spacial score (nSPS) is 19.5. The van der Waals surface area contributed by atoms with Crippen LogP contribution in [0.3, 0.4) is 0 Å². The summed E-state index contributed by atoms with van der Waals surface area (Å²) in [6.45, 7) is 0. The Morgan fingerprint density at radius 3 is 2.87 bits per heavy atom. The number of hydrogen-bond donors (Lipinski definition) is 0. The lowest BCUT2D eigenvalue weighted by Gasteiger charge is -2.20. The maximum Gasteiger partial charge on any atom is 0.176 e. The Bertz CT molecular complexity index is 476. The minimum atomic E-state index is -0.0789. The average Bonchev–Trinajstić information content (AvgIpc) is 2.24. The molecule has 0 spiro atoms. The summed E-state index contributed by atoms with van der Waals surface area (Å²) in [5.74, 6) is 0.112. The van der Waals surface area contributed by atoms with Gasteiger partial charge in [0.25, 0.3) is 0 Å². The van der Waals surface area contributed by atoms with E-state index in [9.17, 15) is 4.79 Å². The van der Waals surface area contributed by atoms with Crippen molar-refractivity contribution >= 4 is 37.6 Å². The first-order chi connectivity index (χ1) is 7.15. The number of hydrogen-bond acceptors (Lipinski definition) is 2. The highest BCUT2D eigenvalue weighted by Gasteiger charge is 2.27. The van der Waals surface area contributed by atoms with Crippen LogP contribution in [-0.2, 0) is 6.42 Å². The van der Waals surface area contributed by atoms with Crippen LogP contribution < -0.4 is 0 Å². The molecule has 1 aromatic carbocycles. The zero-order chi connectivity index (χ0) is 11.0. The number of carbonyl (C=O) groups excluding carboxylic acids is 1. The van der Waals surface area contributed by atoms with E-state index in [2.05, 4.69) is 37.9 Å². The lowest BCUT2D eigenvalue weighted by atomic mass is 9.89. The Morgan fingerprint density at radius 2 is 2.20 bits per heavy atom. The molecule has 0 saturated carbocycles. The van der Waals surface area contributed by atoms with E-state index in [1.54, 1.807) is 12.1 Å². The van der Waals surface area contributed by atoms with Crippen molar-refractivity contribution in [1.82, 2.24) is 0 Å². The van der Waals surface area contributed by atoms with Gasteiger partial charge >= 0.3 is 0 Å². The number of benzene rings is 1. The highest BCUT2D eigenvalue weighted by atomic mass is 79.9. The number of ketones is 1. The molecule has 2 rings (SSSR count). The molecule has 4 heteroatoms. The first kappa shape index (κ1) is 10.8. The van der Waals surface area contributed by atoms with Crippen LogP contribution in [0, 0.1) is 11.3 Å². The van der Waals surface area contributed by atoms with Gasteiger partial charge in [-0.05, 0) is 46.5 Å². The predicted molar refractivity (Wildman–Crippen MR) is 64.2 cm³/mol. The molecule has 15 heavy (non-hydrogen) atoms. The Morgan fingerprint density at radius 1 is 1.47 bits per heavy atom. The van der Waals surface area contributed by atoms with E-state index in [0.29, 0.717) is 5.56 Å². The molecular weight excluding hydrogens is 322 g/mol. The second kappa shape index (κ2) is 4.07. The van der Waals surface area contributed by atoms with Crippen molar-refractivity contribution in [2.45, 2.75) is 17.7 Å². The van der Waals surface area contributed by atoms with Gasteiger partial charge < -0.3 is 0 Å². The molecule has 1 unspecified atom stereocenters. The number of nitriles is 1. The van der Waals surface area contributed by atoms with E-state index in [1.165, 1.54) is 0 Å². The Kier molecular flexibility index (Phi) is 2.94. The number of alkyl halides is 1. The van der Waals surface area contributed by atoms with E-state index in [0.717, 1.165) is 28.4 Å². The molecule has 0 aliphatic heterocycles. The molecule has 1 atom stereocenters. The third-order valence-electron chi connectivity index (χ3n) is 2.56. The van der Waals surface area contributed by atoms with Gasteiger partial charge in [-0.25, -0.2) is 0 Å². The summed E-state index contributed by atoms with van der Waals surface area (Å²) in [7, 11) is 0. The van der Waals surface area contributed by atoms with Crippen molar-refractivity contribution in [3.8, 4) is 6.07 Å². The van der Waals surface area contributed by atoms with Crippen LogP contribution in [-0.4, -0.2) is 10.6 Å². The van der Waals surface area contributed by atoms with Crippen LogP contribution in [0.1, 0.15) is 27.9 Å². The van der Waals surface area contributed by atoms with E-state index < -0.39 is 0 Å². The molecule has 0 saturated heterocycles. The summed E-state index contributed by atoms with van der Waals surface area (Å²) >= 11 is 6.74. The van der Waals surface area contributed by atoms with E-state index >= 15 is 0 Å². The van der Waals surface area contributed by atoms with E-state index in [4.69, 9.17) is 5.26 Å². The van der Waals surface area contributed by atoms with Crippen molar-refractivity contribution < 1.29 is 4.79 Å². The summed E-state index contributed by atoms with van der Waals surface area (Å²) in [4.78, 5) is 11.7. The topological polar surface area (TPSA) is 40.9 Å². The summed E-state index contributed by atoms with van der Waals surface area (Å²) in [5, 5.41) is 8.86. The van der Waals surface area contributed by atoms with Crippen LogP contribution in [0.15, 0.2) is 16.6 Å². The van der Waals surface area contributed by atoms with Crippen molar-refractivity contribution in [2.24, 2.45) is 0 Å². The van der Waals surface area contributed by atoms with Crippen molar-refractivity contribution in [3.63, 3.8) is 0 Å². The highest BCUT2D eigenvalue weighted by molar-refractivity contribution is 9.10. The summed E-state index contributed by atoms with van der Waals surface area (Å²) in [6, 6.07) is 5.53. The van der Waals surface area contributed by atoms with Crippen molar-refractivity contribution in [2.75, 3.05) is 0 Å². The smallest absolute Gasteiger partial charge is 0.176 e. The van der Waals surface area contributed by atoms with Gasteiger partial charge in [-0.15, -0.1) is 0 Å². The number of carbonyl (C=O) groups is 1. The van der Waals surface area contributed by atoms with Gasteiger partial charge in [-0.1, -0.05) is 15.9 Å². The van der Waals surface area contributed by atoms with Gasteiger partial charge in [0.15, 0.2) is 5.78 Å². The number of fused-ring (bicyclic) bond motifs is 1. The summed E-state index contributed by atoms with van der Waals surface area (Å²) in [6.07, 6.45) is 1.62. The molecule has 0 radical (unpaired) electrons. The van der Waals surface area contributed by atoms with Crippen molar-refractivity contribution in [3.05, 3.63) is 33.3 Å². The first-order valence-corrected chi connectivity index (χ1v) is 6.25. The van der Waals surface area contributed by atoms with Gasteiger partial charge in [-0.2, -0.15) is 5.26 Å². The summed E-state index contributed by atoms with van der Waals surface area (Å²) in [5.41, 5.74) is 2.29. The maximum absolute atomic E-state index is 11.8. The quantitative estimate of drug-likeness (QED) is 0.686. The Labute approximate surface area is 105 Å². The fraction of sp³-hybridized carbons (Fsp3) is 0.273. The standard InChI is InChI=1S/C11H7Br2NO/c12-9-4-3-7-8(11(9)15)2-1-6(5-14)10(7)13/h1-2,9H,3-4H2. The molecule has 0 N–H and O–H groups in total. The fourth-order valence-corrected chi connectivity index (χ4v) is 2.86. The molecular formula is C11H7Br2NO. The SMILES string of the molecule is N#Cc1ccc2c(c1Br)CCC(Br)C2=O. The molecule has 2 nitrogen and oxygen atoms in total. The van der Waals surface area contributed by atoms with Crippen LogP contribution in [0.25, 0.3) is 0 Å². The Hall–Kier alpha value is -0.660. The molecule has 0 heterocycles. The van der Waals surface area contributed by atoms with Crippen LogP contribution in [0.5, 0.6) is 0 Å². The molecule has 0 aromatic heterocycles. The predicted octanol–water partition coefficient (Wildman–Crippen LogP) is 3.21. The molecule has 0 fully saturated rings. The van der Waals surface area contributed by atoms with E-state index in [1.807, 2.05) is 0 Å². The lowest BCUT2D eigenvalue weighted by molar-refractivity contribution is 0.0981. The van der Waals surface area contributed by atoms with Gasteiger partial charge in [-0.3, -0.25) is 4.79 Å². The number of halogens is 2. The number of rotatable bonds is 0. The van der Waals surface area contributed by atoms with Crippen LogP contribution >= 0.6 is 31.9 Å². The minimum Gasteiger partial charge on any atom is -0.293 e. The van der Waals surface area contributed by atoms with Gasteiger partial charge in [0, 0.05) is 10.0 Å². The molecule has 76 valence electrons.